The van der Waals surface area contributed by atoms with E-state index in [1.54, 1.807) is 12.1 Å². The molecule has 1 saturated heterocycles. The molecular weight excluding hydrogens is 424 g/mol. The second kappa shape index (κ2) is 8.60. The van der Waals surface area contributed by atoms with Crippen LogP contribution in [0.5, 0.6) is 0 Å². The Bertz CT molecular complexity index is 972. The van der Waals surface area contributed by atoms with E-state index >= 15 is 0 Å². The number of ether oxygens (including phenoxy) is 1. The van der Waals surface area contributed by atoms with Crippen LogP contribution in [0.25, 0.3) is 0 Å². The lowest BCUT2D eigenvalue weighted by molar-refractivity contribution is -0.120. The number of hydrogen-bond donors (Lipinski definition) is 1. The van der Waals surface area contributed by atoms with E-state index in [2.05, 4.69) is 10.1 Å². The van der Waals surface area contributed by atoms with Crippen molar-refractivity contribution < 1.29 is 22.7 Å². The number of nitrogens with zero attached hydrogens (tertiary/aromatic N) is 1. The van der Waals surface area contributed by atoms with E-state index in [-0.39, 0.29) is 17.3 Å². The van der Waals surface area contributed by atoms with Gasteiger partial charge >= 0.3 is 5.97 Å². The molecule has 1 amide bonds. The molecule has 1 N–H and O–H groups in total. The topological polar surface area (TPSA) is 92.8 Å². The first kappa shape index (κ1) is 20.8. The molecule has 0 radical (unpaired) electrons. The van der Waals surface area contributed by atoms with E-state index in [4.69, 9.17) is 11.6 Å². The van der Waals surface area contributed by atoms with Gasteiger partial charge in [-0.1, -0.05) is 11.6 Å². The summed E-state index contributed by atoms with van der Waals surface area (Å²) in [5.41, 5.74) is 0. The first-order chi connectivity index (χ1) is 13.3. The van der Waals surface area contributed by atoms with Crippen LogP contribution < -0.4 is 5.32 Å². The number of carbonyl (C=O) groups is 2. The summed E-state index contributed by atoms with van der Waals surface area (Å²) in [6.45, 7) is 0.465. The molecule has 2 aromatic rings. The molecule has 1 atom stereocenters. The number of sulfonamides is 1. The van der Waals surface area contributed by atoms with Crippen LogP contribution in [-0.2, 0) is 19.6 Å². The summed E-state index contributed by atoms with van der Waals surface area (Å²) in [5, 5.41) is 3.74. The maximum absolute atomic E-state index is 12.8. The number of nitrogens with one attached hydrogen (secondary N) is 1. The fourth-order valence-corrected chi connectivity index (χ4v) is 5.45. The third-order valence-corrected chi connectivity index (χ3v) is 7.56. The largest absolute Gasteiger partial charge is 0.465 e. The second-order valence-corrected chi connectivity index (χ2v) is 9.76. The minimum absolute atomic E-state index is 0.103. The van der Waals surface area contributed by atoms with Crippen LogP contribution in [0.4, 0.5) is 5.00 Å². The van der Waals surface area contributed by atoms with E-state index in [0.29, 0.717) is 34.3 Å². The van der Waals surface area contributed by atoms with Crippen LogP contribution in [0.1, 0.15) is 22.5 Å². The zero-order valence-corrected chi connectivity index (χ0v) is 17.4. The van der Waals surface area contributed by atoms with Gasteiger partial charge in [-0.15, -0.1) is 11.3 Å². The summed E-state index contributed by atoms with van der Waals surface area (Å²) in [5.74, 6) is -1.21. The van der Waals surface area contributed by atoms with Crippen LogP contribution in [0.15, 0.2) is 41.3 Å². The Hall–Kier alpha value is -1.94. The van der Waals surface area contributed by atoms with Crippen molar-refractivity contribution in [1.29, 1.82) is 0 Å². The number of thiophene rings is 1. The van der Waals surface area contributed by atoms with E-state index in [1.807, 2.05) is 0 Å². The van der Waals surface area contributed by atoms with Crippen LogP contribution in [0, 0.1) is 5.92 Å². The van der Waals surface area contributed by atoms with Crippen molar-refractivity contribution in [3.63, 3.8) is 0 Å². The lowest BCUT2D eigenvalue weighted by Gasteiger charge is -2.31. The third-order valence-electron chi connectivity index (χ3n) is 4.45. The Balaban J connectivity index is 1.68. The number of anilines is 1. The van der Waals surface area contributed by atoms with Gasteiger partial charge in [0.2, 0.25) is 15.9 Å². The van der Waals surface area contributed by atoms with Crippen molar-refractivity contribution in [3.05, 3.63) is 46.3 Å². The molecule has 1 aliphatic rings. The summed E-state index contributed by atoms with van der Waals surface area (Å²) < 4.78 is 31.7. The number of hydrogen-bond acceptors (Lipinski definition) is 6. The first-order valence-electron chi connectivity index (χ1n) is 8.56. The second-order valence-electron chi connectivity index (χ2n) is 6.30. The van der Waals surface area contributed by atoms with E-state index in [9.17, 15) is 18.0 Å². The molecule has 1 aliphatic heterocycles. The number of methoxy groups -OCH3 is 1. The highest BCUT2D eigenvalue weighted by molar-refractivity contribution is 7.89. The molecular formula is C18H19ClN2O5S2. The van der Waals surface area contributed by atoms with Crippen LogP contribution in [0.2, 0.25) is 5.02 Å². The minimum Gasteiger partial charge on any atom is -0.465 e. The highest BCUT2D eigenvalue weighted by Crippen LogP contribution is 2.27. The zero-order chi connectivity index (χ0) is 20.3. The zero-order valence-electron chi connectivity index (χ0n) is 15.1. The molecule has 1 fully saturated rings. The molecule has 28 heavy (non-hydrogen) atoms. The number of rotatable bonds is 5. The van der Waals surface area contributed by atoms with Gasteiger partial charge in [0.1, 0.15) is 4.88 Å². The Morgan fingerprint density at radius 3 is 2.61 bits per heavy atom. The Morgan fingerprint density at radius 1 is 1.21 bits per heavy atom. The van der Waals surface area contributed by atoms with Crippen LogP contribution >= 0.6 is 22.9 Å². The predicted molar refractivity (Wildman–Crippen MR) is 107 cm³/mol. The maximum Gasteiger partial charge on any atom is 0.348 e. The van der Waals surface area contributed by atoms with E-state index in [1.165, 1.54) is 35.7 Å². The van der Waals surface area contributed by atoms with Crippen LogP contribution in [-0.4, -0.2) is 44.8 Å². The molecule has 0 spiro atoms. The standard InChI is InChI=1S/C18H19ClN2O5S2/c1-26-18(23)15-8-9-16(27-15)20-17(22)12-3-2-10-21(11-12)28(24,25)14-6-4-13(19)5-7-14/h4-9,12H,2-3,10-11H2,1H3,(H,20,22). The highest BCUT2D eigenvalue weighted by atomic mass is 35.5. The van der Waals surface area contributed by atoms with Crippen molar-refractivity contribution in [2.24, 2.45) is 5.92 Å². The average Bonchev–Trinajstić information content (AvgIpc) is 3.16. The van der Waals surface area contributed by atoms with Crippen LogP contribution in [0.3, 0.4) is 0 Å². The molecule has 0 saturated carbocycles. The summed E-state index contributed by atoms with van der Waals surface area (Å²) in [7, 11) is -2.40. The number of benzene rings is 1. The molecule has 1 unspecified atom stereocenters. The van der Waals surface area contributed by atoms with Crippen molar-refractivity contribution in [2.75, 3.05) is 25.5 Å². The molecule has 1 aromatic carbocycles. The normalized spacial score (nSPS) is 17.9. The maximum atomic E-state index is 12.8. The molecule has 0 bridgehead atoms. The quantitative estimate of drug-likeness (QED) is 0.717. The lowest BCUT2D eigenvalue weighted by Crippen LogP contribution is -2.43. The average molecular weight is 443 g/mol. The Labute approximate surface area is 172 Å². The fourth-order valence-electron chi connectivity index (χ4n) is 2.97. The van der Waals surface area contributed by atoms with Gasteiger partial charge in [-0.2, -0.15) is 4.31 Å². The van der Waals surface area contributed by atoms with Gasteiger partial charge in [-0.25, -0.2) is 13.2 Å². The summed E-state index contributed by atoms with van der Waals surface area (Å²) >= 11 is 6.94. The van der Waals surface area contributed by atoms with Crippen molar-refractivity contribution >= 4 is 49.8 Å². The molecule has 2 heterocycles. The molecule has 150 valence electrons. The minimum atomic E-state index is -3.69. The summed E-state index contributed by atoms with van der Waals surface area (Å²) in [6, 6.07) is 9.17. The SMILES string of the molecule is COC(=O)c1ccc(NC(=O)C2CCCN(S(=O)(=O)c3ccc(Cl)cc3)C2)s1. The number of piperidine rings is 1. The van der Waals surface area contributed by atoms with E-state index in [0.717, 1.165) is 11.3 Å². The molecule has 3 rings (SSSR count). The van der Waals surface area contributed by atoms with Crippen molar-refractivity contribution in [3.8, 4) is 0 Å². The monoisotopic (exact) mass is 442 g/mol. The first-order valence-corrected chi connectivity index (χ1v) is 11.2. The van der Waals surface area contributed by atoms with Gasteiger partial charge in [0, 0.05) is 18.1 Å². The molecule has 10 heteroatoms. The highest BCUT2D eigenvalue weighted by Gasteiger charge is 2.33. The number of carbonyl (C=O) groups excluding carboxylic acids is 2. The van der Waals surface area contributed by atoms with Gasteiger partial charge in [0.25, 0.3) is 0 Å². The fraction of sp³-hybridized carbons (Fsp3) is 0.333. The third kappa shape index (κ3) is 4.54. The van der Waals surface area contributed by atoms with Gasteiger partial charge < -0.3 is 10.1 Å². The summed E-state index contributed by atoms with van der Waals surface area (Å²) in [6.07, 6.45) is 1.18. The number of esters is 1. The Kier molecular flexibility index (Phi) is 6.39. The van der Waals surface area contributed by atoms with Gasteiger partial charge in [0.05, 0.1) is 22.9 Å². The Morgan fingerprint density at radius 2 is 1.93 bits per heavy atom. The molecule has 1 aromatic heterocycles. The summed E-state index contributed by atoms with van der Waals surface area (Å²) in [4.78, 5) is 24.7. The number of amides is 1. The van der Waals surface area contributed by atoms with E-state index < -0.39 is 21.9 Å². The van der Waals surface area contributed by atoms with Gasteiger partial charge in [-0.05, 0) is 49.2 Å². The van der Waals surface area contributed by atoms with Crippen molar-refractivity contribution in [2.45, 2.75) is 17.7 Å². The predicted octanol–water partition coefficient (Wildman–Crippen LogP) is 3.23. The number of halogens is 1. The van der Waals surface area contributed by atoms with Gasteiger partial charge in [0.15, 0.2) is 0 Å². The lowest BCUT2D eigenvalue weighted by atomic mass is 9.99. The smallest absolute Gasteiger partial charge is 0.348 e. The van der Waals surface area contributed by atoms with Gasteiger partial charge in [-0.3, -0.25) is 4.79 Å². The molecule has 7 nitrogen and oxygen atoms in total. The van der Waals surface area contributed by atoms with Crippen molar-refractivity contribution in [1.82, 2.24) is 4.31 Å². The molecule has 0 aliphatic carbocycles.